The van der Waals surface area contributed by atoms with Gasteiger partial charge >= 0.3 is 0 Å². The van der Waals surface area contributed by atoms with Crippen LogP contribution in [0.25, 0.3) is 0 Å². The number of fused-ring (bicyclic) bond motifs is 1. The molecule has 0 spiro atoms. The summed E-state index contributed by atoms with van der Waals surface area (Å²) in [6, 6.07) is 10.1. The first-order valence-corrected chi connectivity index (χ1v) is 9.03. The standard InChI is InChI=1S/C17H12BrCl2NO3/c18-9-12-13(19)5-6-14(15(12)20)24-8-7-21-16(22)10-3-1-2-4-11(10)17(21)23/h1-6H,7-9H2. The van der Waals surface area contributed by atoms with Gasteiger partial charge in [0.15, 0.2) is 0 Å². The van der Waals surface area contributed by atoms with Crippen molar-refractivity contribution < 1.29 is 14.3 Å². The first kappa shape index (κ1) is 17.3. The maximum absolute atomic E-state index is 12.3. The summed E-state index contributed by atoms with van der Waals surface area (Å²) in [5.74, 6) is -0.141. The number of amides is 2. The molecule has 3 rings (SSSR count). The van der Waals surface area contributed by atoms with Crippen molar-refractivity contribution in [2.75, 3.05) is 13.2 Å². The van der Waals surface area contributed by atoms with Crippen molar-refractivity contribution in [2.24, 2.45) is 0 Å². The summed E-state index contributed by atoms with van der Waals surface area (Å²) < 4.78 is 5.63. The molecule has 2 aromatic carbocycles. The fraction of sp³-hybridized carbons (Fsp3) is 0.176. The smallest absolute Gasteiger partial charge is 0.261 e. The third-order valence-electron chi connectivity index (χ3n) is 3.73. The van der Waals surface area contributed by atoms with E-state index in [0.717, 1.165) is 5.56 Å². The van der Waals surface area contributed by atoms with Crippen LogP contribution < -0.4 is 4.74 Å². The van der Waals surface area contributed by atoms with Gasteiger partial charge in [-0.25, -0.2) is 0 Å². The van der Waals surface area contributed by atoms with Crippen LogP contribution in [0.4, 0.5) is 0 Å². The molecule has 0 saturated carbocycles. The molecule has 1 aliphatic rings. The highest BCUT2D eigenvalue weighted by Crippen LogP contribution is 2.34. The van der Waals surface area contributed by atoms with Gasteiger partial charge in [0.1, 0.15) is 12.4 Å². The van der Waals surface area contributed by atoms with Gasteiger partial charge in [-0.1, -0.05) is 51.3 Å². The predicted molar refractivity (Wildman–Crippen MR) is 96.4 cm³/mol. The van der Waals surface area contributed by atoms with Crippen LogP contribution in [0.3, 0.4) is 0 Å². The third kappa shape index (κ3) is 3.04. The quantitative estimate of drug-likeness (QED) is 0.517. The molecular weight excluding hydrogens is 417 g/mol. The van der Waals surface area contributed by atoms with E-state index in [1.165, 1.54) is 4.90 Å². The van der Waals surface area contributed by atoms with Gasteiger partial charge in [0.25, 0.3) is 11.8 Å². The van der Waals surface area contributed by atoms with Gasteiger partial charge in [-0.15, -0.1) is 0 Å². The maximum atomic E-state index is 12.3. The summed E-state index contributed by atoms with van der Waals surface area (Å²) in [5.41, 5.74) is 1.58. The van der Waals surface area contributed by atoms with E-state index in [2.05, 4.69) is 15.9 Å². The predicted octanol–water partition coefficient (Wildman–Crippen LogP) is 4.56. The minimum Gasteiger partial charge on any atom is -0.490 e. The van der Waals surface area contributed by atoms with Crippen LogP contribution in [0, 0.1) is 0 Å². The second-order valence-electron chi connectivity index (χ2n) is 5.13. The molecule has 1 aliphatic heterocycles. The number of carbonyl (C=O) groups is 2. The molecular formula is C17H12BrCl2NO3. The zero-order valence-electron chi connectivity index (χ0n) is 12.4. The maximum Gasteiger partial charge on any atom is 0.261 e. The summed E-state index contributed by atoms with van der Waals surface area (Å²) in [6.07, 6.45) is 0. The molecule has 0 aliphatic carbocycles. The van der Waals surface area contributed by atoms with Crippen molar-refractivity contribution >= 4 is 50.9 Å². The van der Waals surface area contributed by atoms with Crippen molar-refractivity contribution in [1.29, 1.82) is 0 Å². The highest BCUT2D eigenvalue weighted by Gasteiger charge is 2.34. The van der Waals surface area contributed by atoms with E-state index in [1.807, 2.05) is 0 Å². The van der Waals surface area contributed by atoms with Crippen LogP contribution >= 0.6 is 39.1 Å². The molecule has 124 valence electrons. The first-order valence-electron chi connectivity index (χ1n) is 7.15. The Hall–Kier alpha value is -1.56. The molecule has 0 atom stereocenters. The van der Waals surface area contributed by atoms with Gasteiger partial charge in [-0.05, 0) is 24.3 Å². The van der Waals surface area contributed by atoms with E-state index >= 15 is 0 Å². The Morgan fingerprint density at radius 2 is 1.62 bits per heavy atom. The molecule has 7 heteroatoms. The summed E-state index contributed by atoms with van der Waals surface area (Å²) in [5, 5.41) is 1.46. The third-order valence-corrected chi connectivity index (χ3v) is 5.06. The number of hydrogen-bond acceptors (Lipinski definition) is 3. The summed E-state index contributed by atoms with van der Waals surface area (Å²) in [7, 11) is 0. The molecule has 24 heavy (non-hydrogen) atoms. The number of carbonyl (C=O) groups excluding carboxylic acids is 2. The summed E-state index contributed by atoms with van der Waals surface area (Å²) in [6.45, 7) is 0.295. The Morgan fingerprint density at radius 3 is 2.21 bits per heavy atom. The van der Waals surface area contributed by atoms with Crippen LogP contribution in [0.1, 0.15) is 26.3 Å². The van der Waals surface area contributed by atoms with Gasteiger partial charge < -0.3 is 4.74 Å². The molecule has 1 heterocycles. The van der Waals surface area contributed by atoms with E-state index in [1.54, 1.807) is 36.4 Å². The van der Waals surface area contributed by atoms with Crippen molar-refractivity contribution in [3.63, 3.8) is 0 Å². The second kappa shape index (κ2) is 7.13. The van der Waals surface area contributed by atoms with Crippen molar-refractivity contribution in [2.45, 2.75) is 5.33 Å². The second-order valence-corrected chi connectivity index (χ2v) is 6.47. The number of hydrogen-bond donors (Lipinski definition) is 0. The lowest BCUT2D eigenvalue weighted by Gasteiger charge is -2.16. The number of imide groups is 1. The first-order chi connectivity index (χ1) is 11.5. The Bertz CT molecular complexity index is 790. The van der Waals surface area contributed by atoms with Crippen LogP contribution in [-0.2, 0) is 5.33 Å². The van der Waals surface area contributed by atoms with Crippen molar-refractivity contribution in [1.82, 2.24) is 4.90 Å². The molecule has 0 aromatic heterocycles. The summed E-state index contributed by atoms with van der Waals surface area (Å²) >= 11 is 15.6. The topological polar surface area (TPSA) is 46.6 Å². The lowest BCUT2D eigenvalue weighted by Crippen LogP contribution is -2.33. The van der Waals surface area contributed by atoms with Crippen LogP contribution in [0.15, 0.2) is 36.4 Å². The number of ether oxygens (including phenoxy) is 1. The molecule has 0 N–H and O–H groups in total. The lowest BCUT2D eigenvalue weighted by atomic mass is 10.1. The average Bonchev–Trinajstić information content (AvgIpc) is 2.82. The zero-order chi connectivity index (χ0) is 17.3. The fourth-order valence-corrected chi connectivity index (χ4v) is 3.96. The van der Waals surface area contributed by atoms with Crippen LogP contribution in [0.5, 0.6) is 5.75 Å². The summed E-state index contributed by atoms with van der Waals surface area (Å²) in [4.78, 5) is 25.7. The van der Waals surface area contributed by atoms with Crippen molar-refractivity contribution in [3.05, 3.63) is 63.1 Å². The van der Waals surface area contributed by atoms with Gasteiger partial charge in [-0.2, -0.15) is 0 Å². The number of alkyl halides is 1. The molecule has 2 amide bonds. The van der Waals surface area contributed by atoms with E-state index in [4.69, 9.17) is 27.9 Å². The Kier molecular flexibility index (Phi) is 5.13. The molecule has 0 radical (unpaired) electrons. The minimum atomic E-state index is -0.303. The van der Waals surface area contributed by atoms with Crippen molar-refractivity contribution in [3.8, 4) is 5.75 Å². The van der Waals surface area contributed by atoms with Gasteiger partial charge in [0.2, 0.25) is 0 Å². The van der Waals surface area contributed by atoms with Gasteiger partial charge in [0.05, 0.1) is 22.7 Å². The minimum absolute atomic E-state index is 0.147. The van der Waals surface area contributed by atoms with Gasteiger partial charge in [-0.3, -0.25) is 14.5 Å². The monoisotopic (exact) mass is 427 g/mol. The number of benzene rings is 2. The highest BCUT2D eigenvalue weighted by molar-refractivity contribution is 9.08. The van der Waals surface area contributed by atoms with E-state index < -0.39 is 0 Å². The number of halogens is 3. The molecule has 0 fully saturated rings. The largest absolute Gasteiger partial charge is 0.490 e. The molecule has 2 aromatic rings. The van der Waals surface area contributed by atoms with Gasteiger partial charge in [0, 0.05) is 15.9 Å². The van der Waals surface area contributed by atoms with E-state index in [-0.39, 0.29) is 25.0 Å². The van der Waals surface area contributed by atoms with E-state index in [9.17, 15) is 9.59 Å². The Morgan fingerprint density at radius 1 is 1.00 bits per heavy atom. The Balaban J connectivity index is 1.68. The average molecular weight is 429 g/mol. The normalized spacial score (nSPS) is 13.4. The molecule has 0 saturated heterocycles. The SMILES string of the molecule is O=C1c2ccccc2C(=O)N1CCOc1ccc(Cl)c(CBr)c1Cl. The van der Waals surface area contributed by atoms with E-state index in [0.29, 0.717) is 32.3 Å². The molecule has 0 bridgehead atoms. The fourth-order valence-electron chi connectivity index (χ4n) is 2.50. The van der Waals surface area contributed by atoms with Crippen LogP contribution in [-0.4, -0.2) is 29.9 Å². The zero-order valence-corrected chi connectivity index (χ0v) is 15.5. The Labute approximate surface area is 157 Å². The highest BCUT2D eigenvalue weighted by atomic mass is 79.9. The molecule has 0 unspecified atom stereocenters. The lowest BCUT2D eigenvalue weighted by molar-refractivity contribution is 0.0631. The number of rotatable bonds is 5. The van der Waals surface area contributed by atoms with Crippen LogP contribution in [0.2, 0.25) is 10.0 Å². The number of nitrogens with zero attached hydrogens (tertiary/aromatic N) is 1. The molecule has 4 nitrogen and oxygen atoms in total.